The number of anilines is 1. The van der Waals surface area contributed by atoms with Gasteiger partial charge < -0.3 is 10.2 Å². The van der Waals surface area contributed by atoms with E-state index in [0.717, 1.165) is 30.9 Å². The van der Waals surface area contributed by atoms with E-state index >= 15 is 0 Å². The Kier molecular flexibility index (Phi) is 4.22. The smallest absolute Gasteiger partial charge is 0.125 e. The molecule has 0 spiro atoms. The minimum Gasteiger partial charge on any atom is -0.369 e. The number of hydrogen-bond donors (Lipinski definition) is 1. The average molecular weight is 277 g/mol. The summed E-state index contributed by atoms with van der Waals surface area (Å²) in [5.41, 5.74) is 2.06. The van der Waals surface area contributed by atoms with Gasteiger partial charge in [-0.15, -0.1) is 0 Å². The minimum absolute atomic E-state index is 0.126. The lowest BCUT2D eigenvalue weighted by Gasteiger charge is -2.45. The molecule has 3 rings (SSSR count). The molecule has 4 heteroatoms. The van der Waals surface area contributed by atoms with E-state index in [1.807, 2.05) is 7.05 Å². The molecule has 1 atom stereocenters. The summed E-state index contributed by atoms with van der Waals surface area (Å²) in [6.07, 6.45) is 3.96. The third kappa shape index (κ3) is 2.96. The molecule has 0 aliphatic carbocycles. The lowest BCUT2D eigenvalue weighted by Crippen LogP contribution is -2.54. The van der Waals surface area contributed by atoms with Gasteiger partial charge in [-0.1, -0.05) is 6.42 Å². The van der Waals surface area contributed by atoms with Crippen molar-refractivity contribution in [1.29, 1.82) is 0 Å². The predicted octanol–water partition coefficient (Wildman–Crippen LogP) is 2.22. The van der Waals surface area contributed by atoms with Gasteiger partial charge in [-0.2, -0.15) is 0 Å². The van der Waals surface area contributed by atoms with Gasteiger partial charge in [0.2, 0.25) is 0 Å². The van der Waals surface area contributed by atoms with Crippen molar-refractivity contribution in [3.05, 3.63) is 29.6 Å². The maximum Gasteiger partial charge on any atom is 0.125 e. The van der Waals surface area contributed by atoms with E-state index in [1.54, 1.807) is 12.1 Å². The third-order valence-electron chi connectivity index (χ3n) is 4.53. The number of hydrogen-bond acceptors (Lipinski definition) is 3. The number of nitrogens with one attached hydrogen (secondary N) is 1. The van der Waals surface area contributed by atoms with Crippen LogP contribution in [0.15, 0.2) is 18.2 Å². The fourth-order valence-corrected chi connectivity index (χ4v) is 3.51. The molecule has 20 heavy (non-hydrogen) atoms. The first-order valence-electron chi connectivity index (χ1n) is 7.69. The molecule has 0 bridgehead atoms. The summed E-state index contributed by atoms with van der Waals surface area (Å²) in [6, 6.07) is 6.08. The quantitative estimate of drug-likeness (QED) is 0.914. The molecule has 0 saturated carbocycles. The maximum atomic E-state index is 13.8. The molecule has 2 heterocycles. The molecule has 3 nitrogen and oxygen atoms in total. The van der Waals surface area contributed by atoms with Crippen LogP contribution >= 0.6 is 0 Å². The van der Waals surface area contributed by atoms with Crippen LogP contribution in [0, 0.1) is 5.82 Å². The van der Waals surface area contributed by atoms with Crippen LogP contribution < -0.4 is 10.2 Å². The lowest BCUT2D eigenvalue weighted by molar-refractivity contribution is 0.133. The highest BCUT2D eigenvalue weighted by molar-refractivity contribution is 5.50. The van der Waals surface area contributed by atoms with Gasteiger partial charge in [0.1, 0.15) is 5.82 Å². The molecule has 2 fully saturated rings. The SMILES string of the molecule is CNCc1cc(F)cc(N2CCN3CCCCC3C2)c1. The van der Waals surface area contributed by atoms with Crippen LogP contribution in [-0.2, 0) is 6.54 Å². The Morgan fingerprint density at radius 2 is 2.10 bits per heavy atom. The number of nitrogens with zero attached hydrogens (tertiary/aromatic N) is 2. The largest absolute Gasteiger partial charge is 0.369 e. The average Bonchev–Trinajstić information content (AvgIpc) is 2.46. The summed E-state index contributed by atoms with van der Waals surface area (Å²) in [5.74, 6) is -0.126. The Morgan fingerprint density at radius 1 is 1.20 bits per heavy atom. The van der Waals surface area contributed by atoms with E-state index in [2.05, 4.69) is 21.2 Å². The highest BCUT2D eigenvalue weighted by Crippen LogP contribution is 2.26. The maximum absolute atomic E-state index is 13.8. The number of benzene rings is 1. The molecular formula is C16H24FN3. The van der Waals surface area contributed by atoms with E-state index in [1.165, 1.54) is 25.8 Å². The summed E-state index contributed by atoms with van der Waals surface area (Å²) in [7, 11) is 1.89. The standard InChI is InChI=1S/C16H24FN3/c1-18-11-13-8-14(17)10-16(9-13)20-7-6-19-5-3-2-4-15(19)12-20/h8-10,15,18H,2-7,11-12H2,1H3. The van der Waals surface area contributed by atoms with Crippen LogP contribution in [0.4, 0.5) is 10.1 Å². The van der Waals surface area contributed by atoms with Gasteiger partial charge in [0.15, 0.2) is 0 Å². The first-order chi connectivity index (χ1) is 9.76. The first-order valence-corrected chi connectivity index (χ1v) is 7.69. The Morgan fingerprint density at radius 3 is 2.95 bits per heavy atom. The Labute approximate surface area is 120 Å². The molecule has 1 aromatic rings. The van der Waals surface area contributed by atoms with Crippen LogP contribution in [0.5, 0.6) is 0 Å². The van der Waals surface area contributed by atoms with Crippen LogP contribution in [-0.4, -0.2) is 44.2 Å². The van der Waals surface area contributed by atoms with Gasteiger partial charge in [-0.05, 0) is 50.2 Å². The lowest BCUT2D eigenvalue weighted by atomic mass is 9.99. The van der Waals surface area contributed by atoms with Gasteiger partial charge in [0, 0.05) is 37.9 Å². The van der Waals surface area contributed by atoms with Crippen molar-refractivity contribution in [3.8, 4) is 0 Å². The molecule has 1 N–H and O–H groups in total. The number of piperazine rings is 1. The third-order valence-corrected chi connectivity index (χ3v) is 4.53. The van der Waals surface area contributed by atoms with E-state index in [-0.39, 0.29) is 5.82 Å². The topological polar surface area (TPSA) is 18.5 Å². The Hall–Kier alpha value is -1.13. The molecule has 2 aliphatic heterocycles. The van der Waals surface area contributed by atoms with E-state index in [4.69, 9.17) is 0 Å². The van der Waals surface area contributed by atoms with Crippen LogP contribution in [0.25, 0.3) is 0 Å². The molecule has 2 aliphatic rings. The van der Waals surface area contributed by atoms with Crippen molar-refractivity contribution in [2.45, 2.75) is 31.8 Å². The Balaban J connectivity index is 1.75. The van der Waals surface area contributed by atoms with Gasteiger partial charge in [-0.3, -0.25) is 4.90 Å². The second-order valence-corrected chi connectivity index (χ2v) is 5.98. The summed E-state index contributed by atoms with van der Waals surface area (Å²) in [5, 5.41) is 3.09. The monoisotopic (exact) mass is 277 g/mol. The highest BCUT2D eigenvalue weighted by Gasteiger charge is 2.29. The molecule has 0 aromatic heterocycles. The van der Waals surface area contributed by atoms with E-state index < -0.39 is 0 Å². The van der Waals surface area contributed by atoms with Crippen molar-refractivity contribution in [1.82, 2.24) is 10.2 Å². The van der Waals surface area contributed by atoms with Crippen LogP contribution in [0.2, 0.25) is 0 Å². The predicted molar refractivity (Wildman–Crippen MR) is 80.6 cm³/mol. The van der Waals surface area contributed by atoms with Crippen molar-refractivity contribution in [2.24, 2.45) is 0 Å². The first kappa shape index (κ1) is 13.8. The van der Waals surface area contributed by atoms with Crippen molar-refractivity contribution < 1.29 is 4.39 Å². The molecule has 0 radical (unpaired) electrons. The van der Waals surface area contributed by atoms with E-state index in [9.17, 15) is 4.39 Å². The second kappa shape index (κ2) is 6.10. The zero-order valence-electron chi connectivity index (χ0n) is 12.2. The van der Waals surface area contributed by atoms with Crippen LogP contribution in [0.1, 0.15) is 24.8 Å². The minimum atomic E-state index is -0.126. The van der Waals surface area contributed by atoms with Gasteiger partial charge >= 0.3 is 0 Å². The van der Waals surface area contributed by atoms with Gasteiger partial charge in [-0.25, -0.2) is 4.39 Å². The number of fused-ring (bicyclic) bond motifs is 1. The fourth-order valence-electron chi connectivity index (χ4n) is 3.51. The second-order valence-electron chi connectivity index (χ2n) is 5.98. The van der Waals surface area contributed by atoms with Crippen molar-refractivity contribution >= 4 is 5.69 Å². The molecule has 1 aromatic carbocycles. The molecule has 110 valence electrons. The van der Waals surface area contributed by atoms with Crippen molar-refractivity contribution in [2.75, 3.05) is 38.1 Å². The zero-order valence-corrected chi connectivity index (χ0v) is 12.2. The number of rotatable bonds is 3. The summed E-state index contributed by atoms with van der Waals surface area (Å²) in [4.78, 5) is 4.96. The summed E-state index contributed by atoms with van der Waals surface area (Å²) < 4.78 is 13.8. The fraction of sp³-hybridized carbons (Fsp3) is 0.625. The summed E-state index contributed by atoms with van der Waals surface area (Å²) in [6.45, 7) is 5.13. The van der Waals surface area contributed by atoms with Gasteiger partial charge in [0.25, 0.3) is 0 Å². The van der Waals surface area contributed by atoms with Crippen LogP contribution in [0.3, 0.4) is 0 Å². The molecule has 0 amide bonds. The normalized spacial score (nSPS) is 23.7. The highest BCUT2D eigenvalue weighted by atomic mass is 19.1. The van der Waals surface area contributed by atoms with E-state index in [0.29, 0.717) is 12.6 Å². The van der Waals surface area contributed by atoms with Crippen molar-refractivity contribution in [3.63, 3.8) is 0 Å². The molecule has 1 unspecified atom stereocenters. The zero-order chi connectivity index (χ0) is 13.9. The van der Waals surface area contributed by atoms with Gasteiger partial charge in [0.05, 0.1) is 0 Å². The molecule has 2 saturated heterocycles. The number of halogens is 1. The Bertz CT molecular complexity index is 463. The molecular weight excluding hydrogens is 253 g/mol. The number of piperidine rings is 1. The summed E-state index contributed by atoms with van der Waals surface area (Å²) >= 11 is 0.